The van der Waals surface area contributed by atoms with Crippen LogP contribution in [0.5, 0.6) is 5.75 Å². The van der Waals surface area contributed by atoms with Gasteiger partial charge in [0.15, 0.2) is 0 Å². The van der Waals surface area contributed by atoms with Crippen LogP contribution in [0.25, 0.3) is 0 Å². The lowest BCUT2D eigenvalue weighted by atomic mass is 9.60. The Morgan fingerprint density at radius 3 is 2.08 bits per heavy atom. The Kier molecular flexibility index (Phi) is 16.8. The number of aliphatic hydroxyl groups excluding tert-OH is 3. The summed E-state index contributed by atoms with van der Waals surface area (Å²) >= 11 is 0. The number of carbonyl (C=O) groups is 4. The third kappa shape index (κ3) is 11.6. The lowest BCUT2D eigenvalue weighted by Gasteiger charge is -2.42. The highest BCUT2D eigenvalue weighted by atomic mass is 16.7. The number of nitrogens with zero attached hydrogens (tertiary/aromatic N) is 1. The highest BCUT2D eigenvalue weighted by Gasteiger charge is 2.46. The second-order valence-corrected chi connectivity index (χ2v) is 13.7. The van der Waals surface area contributed by atoms with Gasteiger partial charge < -0.3 is 45.6 Å². The Morgan fingerprint density at radius 1 is 0.846 bits per heavy atom. The molecule has 0 bridgehead atoms. The van der Waals surface area contributed by atoms with E-state index >= 15 is 0 Å². The van der Waals surface area contributed by atoms with E-state index in [2.05, 4.69) is 39.5 Å². The Balaban J connectivity index is 1.49. The molecule has 0 radical (unpaired) electrons. The third-order valence-corrected chi connectivity index (χ3v) is 9.96. The Hall–Kier alpha value is -3.72. The van der Waals surface area contributed by atoms with Crippen molar-refractivity contribution >= 4 is 95.9 Å². The number of hydrogen-bond acceptors (Lipinski definition) is 9. The molecule has 5 unspecified atom stereocenters. The van der Waals surface area contributed by atoms with Gasteiger partial charge in [0.1, 0.15) is 69.3 Å². The zero-order valence-corrected chi connectivity index (χ0v) is 31.7. The Morgan fingerprint density at radius 2 is 1.48 bits per heavy atom. The van der Waals surface area contributed by atoms with Crippen LogP contribution < -0.4 is 48.0 Å². The van der Waals surface area contributed by atoms with Crippen molar-refractivity contribution in [1.29, 1.82) is 0 Å². The maximum absolute atomic E-state index is 13.0. The molecule has 0 aliphatic carbocycles. The molecule has 1 heterocycles. The van der Waals surface area contributed by atoms with Crippen molar-refractivity contribution in [3.05, 3.63) is 29.8 Å². The number of aliphatic hydroxyl groups is 3. The van der Waals surface area contributed by atoms with E-state index in [1.165, 1.54) is 12.4 Å². The van der Waals surface area contributed by atoms with Gasteiger partial charge in [-0.3, -0.25) is 19.2 Å². The smallest absolute Gasteiger partial charge is 0.250 e. The second-order valence-electron chi connectivity index (χ2n) is 13.7. The van der Waals surface area contributed by atoms with Crippen LogP contribution >= 0.6 is 0 Å². The summed E-state index contributed by atoms with van der Waals surface area (Å²) in [5, 5.41) is 38.7. The molecule has 0 spiro atoms. The molecule has 4 amide bonds. The number of nitrogens with one attached hydrogen (secondary N) is 3. The summed E-state index contributed by atoms with van der Waals surface area (Å²) in [6, 6.07) is 5.29. The first kappa shape index (κ1) is 42.7. The fourth-order valence-electron chi connectivity index (χ4n) is 6.36. The molecule has 278 valence electrons. The minimum absolute atomic E-state index is 0.0177. The van der Waals surface area contributed by atoms with E-state index in [0.717, 1.165) is 59.5 Å². The summed E-state index contributed by atoms with van der Waals surface area (Å²) in [4.78, 5) is 52.4. The van der Waals surface area contributed by atoms with Gasteiger partial charge in [-0.15, -0.1) is 16.4 Å². The van der Waals surface area contributed by atoms with Crippen LogP contribution in [0.4, 0.5) is 5.69 Å². The number of anilines is 1. The minimum atomic E-state index is -1.44. The number of unbranched alkanes of at least 4 members (excludes halogenated alkanes) is 3. The first-order valence-corrected chi connectivity index (χ1v) is 18.3. The van der Waals surface area contributed by atoms with Gasteiger partial charge in [-0.1, -0.05) is 24.3 Å². The molecule has 1 fully saturated rings. The van der Waals surface area contributed by atoms with E-state index < -0.39 is 43.2 Å². The summed E-state index contributed by atoms with van der Waals surface area (Å²) in [5.41, 5.74) is 6.78. The van der Waals surface area contributed by atoms with E-state index in [1.54, 1.807) is 29.2 Å². The zero-order valence-electron chi connectivity index (χ0n) is 31.7. The molecule has 1 aliphatic heterocycles. The van der Waals surface area contributed by atoms with Crippen LogP contribution in [-0.4, -0.2) is 140 Å². The fourth-order valence-corrected chi connectivity index (χ4v) is 6.36. The van der Waals surface area contributed by atoms with Crippen molar-refractivity contribution < 1.29 is 44.0 Å². The molecule has 0 aromatic heterocycles. The number of benzene rings is 2. The Bertz CT molecular complexity index is 1520. The van der Waals surface area contributed by atoms with Crippen molar-refractivity contribution in [2.24, 2.45) is 0 Å². The van der Waals surface area contributed by atoms with Crippen molar-refractivity contribution in [1.82, 2.24) is 15.5 Å². The third-order valence-electron chi connectivity index (χ3n) is 9.96. The standard InChI is InChI=1S/C34H53B5N4O9/c1-3-4-8-23(47)43(15-7-5-6-14-40-33(50)24-25(35)27(37)29(39)28(38)26(24)36)16-13-22(46)42-19-9-11-20(12-10-19)51-34-30(41-18(2)45)32(49)31(48)21(17-44)52-34/h9-12,21,30-32,34,44,48-49H,3-8,13-17,35-39H2,1-2H3,(H,40,50)(H,41,45)(H,42,46). The van der Waals surface area contributed by atoms with E-state index in [9.17, 15) is 34.5 Å². The molecule has 52 heavy (non-hydrogen) atoms. The fraction of sp³-hybridized carbons (Fsp3) is 0.529. The molecular weight excluding hydrogens is 662 g/mol. The average molecular weight is 716 g/mol. The van der Waals surface area contributed by atoms with Crippen molar-refractivity contribution in [2.45, 2.75) is 89.4 Å². The second kappa shape index (κ2) is 20.5. The summed E-state index contributed by atoms with van der Waals surface area (Å²) in [7, 11) is 10.2. The van der Waals surface area contributed by atoms with Gasteiger partial charge in [0.25, 0.3) is 0 Å². The van der Waals surface area contributed by atoms with Crippen LogP contribution in [-0.2, 0) is 19.1 Å². The van der Waals surface area contributed by atoms with Gasteiger partial charge in [-0.05, 0) is 49.9 Å². The number of carbonyl (C=O) groups excluding carboxylic acids is 4. The van der Waals surface area contributed by atoms with Crippen LogP contribution in [0.1, 0.15) is 69.2 Å². The molecule has 0 saturated carbocycles. The van der Waals surface area contributed by atoms with Gasteiger partial charge in [-0.25, -0.2) is 0 Å². The summed E-state index contributed by atoms with van der Waals surface area (Å²) < 4.78 is 11.4. The first-order chi connectivity index (χ1) is 24.7. The number of rotatable bonds is 18. The lowest BCUT2D eigenvalue weighted by Crippen LogP contribution is -2.65. The highest BCUT2D eigenvalue weighted by Crippen LogP contribution is 2.25. The molecule has 13 nitrogen and oxygen atoms in total. The van der Waals surface area contributed by atoms with Gasteiger partial charge in [0.2, 0.25) is 29.9 Å². The van der Waals surface area contributed by atoms with Gasteiger partial charge in [0.05, 0.1) is 6.61 Å². The average Bonchev–Trinajstić information content (AvgIpc) is 3.11. The van der Waals surface area contributed by atoms with Crippen molar-refractivity contribution in [3.63, 3.8) is 0 Å². The van der Waals surface area contributed by atoms with Crippen LogP contribution in [0.3, 0.4) is 0 Å². The van der Waals surface area contributed by atoms with Crippen LogP contribution in [0, 0.1) is 0 Å². The first-order valence-electron chi connectivity index (χ1n) is 18.3. The van der Waals surface area contributed by atoms with E-state index in [1.807, 2.05) is 22.6 Å². The quantitative estimate of drug-likeness (QED) is 0.0645. The molecule has 3 rings (SSSR count). The largest absolute Gasteiger partial charge is 0.463 e. The molecule has 2 aromatic rings. The maximum atomic E-state index is 13.0. The van der Waals surface area contributed by atoms with E-state index in [4.69, 9.17) is 9.47 Å². The predicted molar refractivity (Wildman–Crippen MR) is 215 cm³/mol. The van der Waals surface area contributed by atoms with Crippen molar-refractivity contribution in [3.8, 4) is 5.75 Å². The van der Waals surface area contributed by atoms with Crippen LogP contribution in [0.15, 0.2) is 24.3 Å². The molecule has 5 atom stereocenters. The summed E-state index contributed by atoms with van der Waals surface area (Å²) in [6.07, 6.45) is -0.636. The maximum Gasteiger partial charge on any atom is 0.250 e. The highest BCUT2D eigenvalue weighted by molar-refractivity contribution is 6.68. The molecule has 2 aromatic carbocycles. The zero-order chi connectivity index (χ0) is 38.5. The van der Waals surface area contributed by atoms with Gasteiger partial charge >= 0.3 is 0 Å². The predicted octanol–water partition coefficient (Wildman–Crippen LogP) is -6.75. The molecule has 1 saturated heterocycles. The number of hydrogen-bond donors (Lipinski definition) is 6. The number of ether oxygens (including phenoxy) is 2. The van der Waals surface area contributed by atoms with Crippen LogP contribution in [0.2, 0.25) is 0 Å². The molecule has 1 aliphatic rings. The summed E-state index contributed by atoms with van der Waals surface area (Å²) in [6.45, 7) is 4.06. The molecule has 18 heteroatoms. The van der Waals surface area contributed by atoms with Gasteiger partial charge in [-0.2, -0.15) is 0 Å². The lowest BCUT2D eigenvalue weighted by molar-refractivity contribution is -0.244. The van der Waals surface area contributed by atoms with Crippen molar-refractivity contribution in [2.75, 3.05) is 31.6 Å². The SMILES string of the molecule is Bc1c(B)c(B)c(C(=O)NCCCCCN(CCC(=O)Nc2ccc(OC3OC(CO)C(O)C(O)C3NC(C)=O)cc2)C(=O)CCCC)c(B)c1B. The molecular formula is C34H53B5N4O9. The minimum Gasteiger partial charge on any atom is -0.463 e. The van der Waals surface area contributed by atoms with E-state index in [-0.39, 0.29) is 30.7 Å². The van der Waals surface area contributed by atoms with Gasteiger partial charge in [0, 0.05) is 50.7 Å². The Labute approximate surface area is 311 Å². The normalized spacial score (nSPS) is 19.8. The molecule has 6 N–H and O–H groups in total. The monoisotopic (exact) mass is 716 g/mol. The number of amides is 4. The summed E-state index contributed by atoms with van der Waals surface area (Å²) in [5.74, 6) is -0.465. The topological polar surface area (TPSA) is 187 Å². The van der Waals surface area contributed by atoms with E-state index in [0.29, 0.717) is 30.9 Å².